The van der Waals surface area contributed by atoms with Crippen molar-refractivity contribution in [1.82, 2.24) is 9.80 Å². The van der Waals surface area contributed by atoms with Gasteiger partial charge >= 0.3 is 5.97 Å². The van der Waals surface area contributed by atoms with Gasteiger partial charge < -0.3 is 15.0 Å². The fourth-order valence-electron chi connectivity index (χ4n) is 3.53. The number of hydrogen-bond donors (Lipinski definition) is 1. The van der Waals surface area contributed by atoms with Crippen LogP contribution < -0.4 is 5.32 Å². The first kappa shape index (κ1) is 21.9. The maximum absolute atomic E-state index is 12.5. The van der Waals surface area contributed by atoms with Crippen molar-refractivity contribution in [3.8, 4) is 0 Å². The molecule has 1 aromatic heterocycles. The normalized spacial score (nSPS) is 17.9. The minimum absolute atomic E-state index is 0.0960. The molecule has 152 valence electrons. The van der Waals surface area contributed by atoms with Gasteiger partial charge in [0.15, 0.2) is 0 Å². The molecule has 2 rings (SSSR count). The minimum Gasteiger partial charge on any atom is -0.462 e. The Morgan fingerprint density at radius 2 is 2.07 bits per heavy atom. The Kier molecular flexibility index (Phi) is 8.26. The molecule has 1 N–H and O–H groups in total. The summed E-state index contributed by atoms with van der Waals surface area (Å²) in [6.45, 7) is 8.31. The van der Waals surface area contributed by atoms with E-state index in [0.717, 1.165) is 23.4 Å². The number of esters is 1. The summed E-state index contributed by atoms with van der Waals surface area (Å²) >= 11 is 1.43. The second kappa shape index (κ2) is 10.2. The van der Waals surface area contributed by atoms with Crippen LogP contribution >= 0.6 is 11.3 Å². The summed E-state index contributed by atoms with van der Waals surface area (Å²) in [7, 11) is 4.16. The van der Waals surface area contributed by atoms with Crippen LogP contribution in [0.4, 0.5) is 5.00 Å². The van der Waals surface area contributed by atoms with Crippen LogP contribution in [0.1, 0.15) is 53.4 Å². The van der Waals surface area contributed by atoms with Gasteiger partial charge in [0.05, 0.1) is 18.7 Å². The molecule has 0 radical (unpaired) electrons. The molecule has 1 aromatic rings. The van der Waals surface area contributed by atoms with Crippen LogP contribution in [-0.2, 0) is 9.53 Å². The van der Waals surface area contributed by atoms with Crippen LogP contribution in [0.15, 0.2) is 0 Å². The molecule has 1 amide bonds. The molecule has 0 aromatic carbocycles. The van der Waals surface area contributed by atoms with E-state index in [1.807, 2.05) is 20.9 Å². The topological polar surface area (TPSA) is 61.9 Å². The number of likely N-dealkylation sites (tertiary alicyclic amines) is 1. The van der Waals surface area contributed by atoms with Crippen LogP contribution in [0.5, 0.6) is 0 Å². The van der Waals surface area contributed by atoms with Gasteiger partial charge in [0.25, 0.3) is 0 Å². The van der Waals surface area contributed by atoms with E-state index in [-0.39, 0.29) is 11.9 Å². The lowest BCUT2D eigenvalue weighted by Crippen LogP contribution is -2.39. The third-order valence-corrected chi connectivity index (χ3v) is 6.42. The van der Waals surface area contributed by atoms with Crippen molar-refractivity contribution < 1.29 is 14.3 Å². The quantitative estimate of drug-likeness (QED) is 0.685. The predicted molar refractivity (Wildman–Crippen MR) is 111 cm³/mol. The number of anilines is 1. The first-order chi connectivity index (χ1) is 12.8. The number of rotatable bonds is 8. The number of nitrogens with zero attached hydrogens (tertiary/aromatic N) is 2. The number of carbonyl (C=O) groups is 2. The first-order valence-electron chi connectivity index (χ1n) is 9.79. The summed E-state index contributed by atoms with van der Waals surface area (Å²) in [5.41, 5.74) is 1.36. The third kappa shape index (κ3) is 6.02. The van der Waals surface area contributed by atoms with Crippen molar-refractivity contribution in [3.63, 3.8) is 0 Å². The van der Waals surface area contributed by atoms with Crippen molar-refractivity contribution in [1.29, 1.82) is 0 Å². The van der Waals surface area contributed by atoms with Crippen molar-refractivity contribution >= 4 is 28.2 Å². The summed E-state index contributed by atoms with van der Waals surface area (Å²) in [6.07, 6.45) is 4.90. The van der Waals surface area contributed by atoms with Crippen LogP contribution in [0.2, 0.25) is 0 Å². The molecule has 0 saturated carbocycles. The highest BCUT2D eigenvalue weighted by molar-refractivity contribution is 7.16. The number of thiophene rings is 1. The number of nitrogens with one attached hydrogen (secondary N) is 1. The van der Waals surface area contributed by atoms with E-state index in [0.29, 0.717) is 29.8 Å². The standard InChI is InChI=1S/C20H33N3O3S/c1-6-26-20(25)18-14(2)15(3)27-19(18)21-17(24)13-22(4)12-10-16-9-7-8-11-23(16)5/h16H,6-13H2,1-5H3,(H,21,24)/t16-/m1/s1. The summed E-state index contributed by atoms with van der Waals surface area (Å²) in [5.74, 6) is -0.468. The number of carbonyl (C=O) groups excluding carboxylic acids is 2. The van der Waals surface area contributed by atoms with Gasteiger partial charge in [-0.3, -0.25) is 9.69 Å². The second-order valence-electron chi connectivity index (χ2n) is 7.41. The Balaban J connectivity index is 1.89. The molecule has 1 aliphatic heterocycles. The van der Waals surface area contributed by atoms with E-state index < -0.39 is 0 Å². The first-order valence-corrected chi connectivity index (χ1v) is 10.6. The fraction of sp³-hybridized carbons (Fsp3) is 0.700. The van der Waals surface area contributed by atoms with Gasteiger partial charge in [0.1, 0.15) is 5.00 Å². The highest BCUT2D eigenvalue weighted by Crippen LogP contribution is 2.33. The number of hydrogen-bond acceptors (Lipinski definition) is 6. The Labute approximate surface area is 166 Å². The smallest absolute Gasteiger partial charge is 0.341 e. The Morgan fingerprint density at radius 3 is 2.74 bits per heavy atom. The van der Waals surface area contributed by atoms with Gasteiger partial charge in [-0.2, -0.15) is 0 Å². The summed E-state index contributed by atoms with van der Waals surface area (Å²) in [4.78, 5) is 30.2. The molecule has 0 spiro atoms. The molecular weight excluding hydrogens is 362 g/mol. The molecule has 0 aliphatic carbocycles. The maximum Gasteiger partial charge on any atom is 0.341 e. The van der Waals surface area contributed by atoms with E-state index in [1.54, 1.807) is 6.92 Å². The lowest BCUT2D eigenvalue weighted by atomic mass is 10.00. The summed E-state index contributed by atoms with van der Waals surface area (Å²) in [5, 5.41) is 3.51. The molecule has 1 saturated heterocycles. The van der Waals surface area contributed by atoms with Gasteiger partial charge in [-0.25, -0.2) is 4.79 Å². The number of ether oxygens (including phenoxy) is 1. The van der Waals surface area contributed by atoms with Crippen LogP contribution in [0.25, 0.3) is 0 Å². The van der Waals surface area contributed by atoms with Crippen molar-refractivity contribution in [2.75, 3.05) is 45.7 Å². The zero-order valence-corrected chi connectivity index (χ0v) is 18.1. The SMILES string of the molecule is CCOC(=O)c1c(NC(=O)CN(C)CC[C@H]2CCCCN2C)sc(C)c1C. The number of aryl methyl sites for hydroxylation is 1. The Hall–Kier alpha value is -1.44. The van der Waals surface area contributed by atoms with E-state index in [1.165, 1.54) is 37.1 Å². The molecule has 0 bridgehead atoms. The summed E-state index contributed by atoms with van der Waals surface area (Å²) < 4.78 is 5.14. The van der Waals surface area contributed by atoms with E-state index >= 15 is 0 Å². The number of amides is 1. The molecule has 7 heteroatoms. The number of likely N-dealkylation sites (N-methyl/N-ethyl adjacent to an activating group) is 1. The zero-order valence-electron chi connectivity index (χ0n) is 17.3. The van der Waals surface area contributed by atoms with Gasteiger partial charge in [0, 0.05) is 10.9 Å². The van der Waals surface area contributed by atoms with E-state index in [4.69, 9.17) is 4.74 Å². The van der Waals surface area contributed by atoms with Crippen LogP contribution in [-0.4, -0.2) is 68.1 Å². The average molecular weight is 396 g/mol. The van der Waals surface area contributed by atoms with Crippen molar-refractivity contribution in [2.45, 2.75) is 52.5 Å². The largest absolute Gasteiger partial charge is 0.462 e. The monoisotopic (exact) mass is 395 g/mol. The van der Waals surface area contributed by atoms with Crippen LogP contribution in [0.3, 0.4) is 0 Å². The Bertz CT molecular complexity index is 659. The highest BCUT2D eigenvalue weighted by atomic mass is 32.1. The molecule has 1 fully saturated rings. The molecule has 1 atom stereocenters. The minimum atomic E-state index is -0.372. The van der Waals surface area contributed by atoms with Crippen molar-refractivity contribution in [3.05, 3.63) is 16.0 Å². The van der Waals surface area contributed by atoms with E-state index in [2.05, 4.69) is 22.2 Å². The highest BCUT2D eigenvalue weighted by Gasteiger charge is 2.23. The van der Waals surface area contributed by atoms with Gasteiger partial charge in [0.2, 0.25) is 5.91 Å². The lowest BCUT2D eigenvalue weighted by molar-refractivity contribution is -0.117. The number of piperidine rings is 1. The molecular formula is C20H33N3O3S. The fourth-order valence-corrected chi connectivity index (χ4v) is 4.60. The zero-order chi connectivity index (χ0) is 20.0. The summed E-state index contributed by atoms with van der Waals surface area (Å²) in [6, 6.07) is 0.613. The van der Waals surface area contributed by atoms with Gasteiger partial charge in [-0.1, -0.05) is 6.42 Å². The average Bonchev–Trinajstić information content (AvgIpc) is 2.88. The van der Waals surface area contributed by atoms with Crippen molar-refractivity contribution in [2.24, 2.45) is 0 Å². The molecule has 2 heterocycles. The van der Waals surface area contributed by atoms with E-state index in [9.17, 15) is 9.59 Å². The van der Waals surface area contributed by atoms with Gasteiger partial charge in [-0.15, -0.1) is 11.3 Å². The molecule has 6 nitrogen and oxygen atoms in total. The Morgan fingerprint density at radius 1 is 1.33 bits per heavy atom. The van der Waals surface area contributed by atoms with Gasteiger partial charge in [-0.05, 0) is 72.8 Å². The lowest BCUT2D eigenvalue weighted by Gasteiger charge is -2.33. The molecule has 0 unspecified atom stereocenters. The second-order valence-corrected chi connectivity index (χ2v) is 8.64. The third-order valence-electron chi connectivity index (χ3n) is 5.30. The predicted octanol–water partition coefficient (Wildman–Crippen LogP) is 3.29. The van der Waals surface area contributed by atoms with Crippen LogP contribution in [0, 0.1) is 13.8 Å². The molecule has 27 heavy (non-hydrogen) atoms. The maximum atomic E-state index is 12.5. The molecule has 1 aliphatic rings.